The molecule has 2 aromatic rings. The highest BCUT2D eigenvalue weighted by Crippen LogP contribution is 2.39. The fraction of sp³-hybridized carbons (Fsp3) is 0.250. The lowest BCUT2D eigenvalue weighted by molar-refractivity contribution is -0.385. The first-order valence-corrected chi connectivity index (χ1v) is 10.5. The van der Waals surface area contributed by atoms with Crippen molar-refractivity contribution in [2.75, 3.05) is 6.54 Å². The molecule has 0 aromatic heterocycles. The van der Waals surface area contributed by atoms with Gasteiger partial charge in [-0.15, -0.1) is 0 Å². The van der Waals surface area contributed by atoms with Crippen LogP contribution in [0.5, 0.6) is 0 Å². The second-order valence-electron chi connectivity index (χ2n) is 8.12. The molecule has 1 aliphatic heterocycles. The van der Waals surface area contributed by atoms with Crippen LogP contribution in [0.4, 0.5) is 5.69 Å². The van der Waals surface area contributed by atoms with Gasteiger partial charge in [-0.05, 0) is 25.8 Å². The Labute approximate surface area is 189 Å². The monoisotopic (exact) mass is 447 g/mol. The summed E-state index contributed by atoms with van der Waals surface area (Å²) in [4.78, 5) is 63.7. The smallest absolute Gasteiger partial charge is 0.282 e. The second kappa shape index (κ2) is 8.78. The van der Waals surface area contributed by atoms with Crippen molar-refractivity contribution < 1.29 is 24.1 Å². The molecule has 0 N–H and O–H groups in total. The summed E-state index contributed by atoms with van der Waals surface area (Å²) >= 11 is 0. The molecule has 9 heteroatoms. The van der Waals surface area contributed by atoms with Crippen molar-refractivity contribution >= 4 is 29.2 Å². The Bertz CT molecular complexity index is 1190. The van der Waals surface area contributed by atoms with E-state index in [1.54, 1.807) is 30.3 Å². The largest absolute Gasteiger partial charge is 0.292 e. The Kier molecular flexibility index (Phi) is 5.87. The Hall–Kier alpha value is -4.14. The van der Waals surface area contributed by atoms with E-state index >= 15 is 0 Å². The van der Waals surface area contributed by atoms with E-state index in [0.29, 0.717) is 12.8 Å². The summed E-state index contributed by atoms with van der Waals surface area (Å²) in [5.74, 6) is -3.89. The summed E-state index contributed by atoms with van der Waals surface area (Å²) in [7, 11) is 0. The van der Waals surface area contributed by atoms with Crippen molar-refractivity contribution in [3.8, 4) is 0 Å². The molecule has 168 valence electrons. The Morgan fingerprint density at radius 3 is 2.36 bits per heavy atom. The highest BCUT2D eigenvalue weighted by molar-refractivity contribution is 6.10. The molecule has 0 bridgehead atoms. The first-order chi connectivity index (χ1) is 15.8. The number of amides is 3. The van der Waals surface area contributed by atoms with Crippen LogP contribution < -0.4 is 0 Å². The molecule has 0 radical (unpaired) electrons. The molecule has 9 nitrogen and oxygen atoms in total. The number of hydrogen-bond acceptors (Lipinski definition) is 6. The van der Waals surface area contributed by atoms with Crippen molar-refractivity contribution in [3.05, 3.63) is 87.5 Å². The number of benzene rings is 2. The minimum absolute atomic E-state index is 0.284. The first-order valence-electron chi connectivity index (χ1n) is 10.5. The highest BCUT2D eigenvalue weighted by atomic mass is 16.6. The van der Waals surface area contributed by atoms with E-state index in [4.69, 9.17) is 0 Å². The van der Waals surface area contributed by atoms with Gasteiger partial charge in [0.05, 0.1) is 16.8 Å². The van der Waals surface area contributed by atoms with Gasteiger partial charge in [0.1, 0.15) is 12.1 Å². The van der Waals surface area contributed by atoms with Gasteiger partial charge < -0.3 is 0 Å². The molecule has 3 amide bonds. The number of fused-ring (bicyclic) bond motifs is 1. The predicted molar refractivity (Wildman–Crippen MR) is 117 cm³/mol. The van der Waals surface area contributed by atoms with E-state index in [2.05, 4.69) is 0 Å². The van der Waals surface area contributed by atoms with E-state index in [1.165, 1.54) is 18.2 Å². The van der Waals surface area contributed by atoms with Crippen LogP contribution in [0, 0.1) is 22.0 Å². The summed E-state index contributed by atoms with van der Waals surface area (Å²) in [6, 6.07) is 13.4. The molecule has 1 aliphatic carbocycles. The number of nitro benzene ring substituents is 1. The fourth-order valence-corrected chi connectivity index (χ4v) is 4.30. The molecular weight excluding hydrogens is 426 g/mol. The minimum Gasteiger partial charge on any atom is -0.292 e. The van der Waals surface area contributed by atoms with Gasteiger partial charge in [-0.1, -0.05) is 54.1 Å². The predicted octanol–water partition coefficient (Wildman–Crippen LogP) is 3.18. The quantitative estimate of drug-likeness (QED) is 0.221. The summed E-state index contributed by atoms with van der Waals surface area (Å²) in [6.45, 7) is 1.25. The minimum atomic E-state index is -0.961. The van der Waals surface area contributed by atoms with Crippen LogP contribution in [0.25, 0.3) is 0 Å². The zero-order chi connectivity index (χ0) is 23.7. The third-order valence-corrected chi connectivity index (χ3v) is 6.00. The molecule has 33 heavy (non-hydrogen) atoms. The highest BCUT2D eigenvalue weighted by Gasteiger charge is 2.52. The van der Waals surface area contributed by atoms with Gasteiger partial charge in [-0.25, -0.2) is 5.01 Å². The van der Waals surface area contributed by atoms with Crippen LogP contribution in [-0.4, -0.2) is 45.0 Å². The van der Waals surface area contributed by atoms with Gasteiger partial charge in [0.15, 0.2) is 5.78 Å². The molecule has 0 unspecified atom stereocenters. The first kappa shape index (κ1) is 22.1. The molecule has 1 heterocycles. The molecule has 0 spiro atoms. The molecule has 0 saturated carbocycles. The maximum Gasteiger partial charge on any atom is 0.282 e. The van der Waals surface area contributed by atoms with Crippen LogP contribution in [0.2, 0.25) is 0 Å². The standard InChI is InChI=1S/C24H21N3O6/c1-15-11-12-17-19(13-15)24(31)26(23(17)30)25(14-21(28)16-7-3-2-4-8-16)22(29)18-9-5-6-10-20(18)27(32)33/h2-11,17,19H,12-14H2,1H3/t17-,19+/m1/s1. The van der Waals surface area contributed by atoms with Gasteiger partial charge >= 0.3 is 0 Å². The molecule has 1 saturated heterocycles. The van der Waals surface area contributed by atoms with E-state index < -0.39 is 52.5 Å². The third-order valence-electron chi connectivity index (χ3n) is 6.00. The normalized spacial score (nSPS) is 19.7. The lowest BCUT2D eigenvalue weighted by Crippen LogP contribution is -2.52. The lowest BCUT2D eigenvalue weighted by atomic mass is 9.82. The summed E-state index contributed by atoms with van der Waals surface area (Å²) in [5.41, 5.74) is 0.463. The maximum atomic E-state index is 13.5. The molecule has 2 aliphatic rings. The van der Waals surface area contributed by atoms with E-state index in [9.17, 15) is 29.3 Å². The topological polar surface area (TPSA) is 118 Å². The van der Waals surface area contributed by atoms with E-state index in [0.717, 1.165) is 21.7 Å². The number of allylic oxidation sites excluding steroid dienone is 2. The summed E-state index contributed by atoms with van der Waals surface area (Å²) in [6.07, 6.45) is 2.63. The summed E-state index contributed by atoms with van der Waals surface area (Å²) in [5, 5.41) is 13.0. The Morgan fingerprint density at radius 2 is 1.67 bits per heavy atom. The number of ketones is 1. The van der Waals surface area contributed by atoms with Crippen molar-refractivity contribution in [2.45, 2.75) is 19.8 Å². The Balaban J connectivity index is 1.75. The van der Waals surface area contributed by atoms with Gasteiger partial charge in [-0.2, -0.15) is 5.01 Å². The number of carbonyl (C=O) groups excluding carboxylic acids is 4. The third kappa shape index (κ3) is 4.05. The number of para-hydroxylation sites is 1. The van der Waals surface area contributed by atoms with Crippen LogP contribution in [-0.2, 0) is 9.59 Å². The van der Waals surface area contributed by atoms with Gasteiger partial charge in [0.25, 0.3) is 23.4 Å². The summed E-state index contributed by atoms with van der Waals surface area (Å²) < 4.78 is 0. The van der Waals surface area contributed by atoms with Crippen molar-refractivity contribution in [1.82, 2.24) is 10.0 Å². The number of imide groups is 1. The molecule has 2 atom stereocenters. The van der Waals surface area contributed by atoms with Gasteiger partial charge in [0, 0.05) is 11.6 Å². The number of carbonyl (C=O) groups is 4. The van der Waals surface area contributed by atoms with E-state index in [-0.39, 0.29) is 11.1 Å². The SMILES string of the molecule is CC1=CC[C@H]2C(=O)N(N(CC(=O)c3ccccc3)C(=O)c3ccccc3[N+](=O)[O-])C(=O)[C@H]2C1. The van der Waals surface area contributed by atoms with Gasteiger partial charge in [0.2, 0.25) is 0 Å². The van der Waals surface area contributed by atoms with Crippen molar-refractivity contribution in [1.29, 1.82) is 0 Å². The number of rotatable bonds is 6. The van der Waals surface area contributed by atoms with E-state index in [1.807, 2.05) is 13.0 Å². The van der Waals surface area contributed by atoms with Crippen LogP contribution in [0.3, 0.4) is 0 Å². The number of nitro groups is 1. The zero-order valence-electron chi connectivity index (χ0n) is 17.8. The molecule has 1 fully saturated rings. The maximum absolute atomic E-state index is 13.5. The fourth-order valence-electron chi connectivity index (χ4n) is 4.30. The van der Waals surface area contributed by atoms with Crippen LogP contribution >= 0.6 is 0 Å². The van der Waals surface area contributed by atoms with Crippen LogP contribution in [0.1, 0.15) is 40.5 Å². The molecular formula is C24H21N3O6. The average molecular weight is 447 g/mol. The lowest BCUT2D eigenvalue weighted by Gasteiger charge is -2.30. The molecule has 4 rings (SSSR count). The number of hydrogen-bond donors (Lipinski definition) is 0. The number of Topliss-reactive ketones (excluding diaryl/α,β-unsaturated/α-hetero) is 1. The van der Waals surface area contributed by atoms with Crippen molar-refractivity contribution in [3.63, 3.8) is 0 Å². The van der Waals surface area contributed by atoms with Crippen LogP contribution in [0.15, 0.2) is 66.2 Å². The molecule has 2 aromatic carbocycles. The number of nitrogens with zero attached hydrogens (tertiary/aromatic N) is 3. The van der Waals surface area contributed by atoms with Crippen molar-refractivity contribution in [2.24, 2.45) is 11.8 Å². The Morgan fingerprint density at radius 1 is 1.03 bits per heavy atom. The average Bonchev–Trinajstić information content (AvgIpc) is 3.06. The van der Waals surface area contributed by atoms with Gasteiger partial charge in [-0.3, -0.25) is 29.3 Å². The second-order valence-corrected chi connectivity index (χ2v) is 8.12. The number of hydrazine groups is 1. The zero-order valence-corrected chi connectivity index (χ0v) is 17.8.